The van der Waals surface area contributed by atoms with Gasteiger partial charge in [-0.1, -0.05) is 0 Å². The lowest BCUT2D eigenvalue weighted by atomic mass is 10.1. The third-order valence-corrected chi connectivity index (χ3v) is 3.42. The van der Waals surface area contributed by atoms with E-state index in [4.69, 9.17) is 0 Å². The normalized spacial score (nSPS) is 10.4. The molecule has 0 bridgehead atoms. The average Bonchev–Trinajstić information content (AvgIpc) is 2.72. The first-order valence-corrected chi connectivity index (χ1v) is 6.33. The fraction of sp³-hybridized carbons (Fsp3) is 0.231. The monoisotopic (exact) mass is 264 g/mol. The topological polar surface area (TPSA) is 42.0 Å². The van der Waals surface area contributed by atoms with Gasteiger partial charge in [-0.3, -0.25) is 4.79 Å². The molecule has 1 heterocycles. The molecule has 3 nitrogen and oxygen atoms in total. The lowest BCUT2D eigenvalue weighted by Crippen LogP contribution is -2.23. The summed E-state index contributed by atoms with van der Waals surface area (Å²) in [6.07, 6.45) is 1.77. The standard InChI is InChI=1S/C13H13FN2OS/c1-8-5-10(14)3-4-11(8)13(17)16-7-12-15-6-9(2)18-12/h3-6H,7H2,1-2H3,(H,16,17). The number of thiazole rings is 1. The van der Waals surface area contributed by atoms with Gasteiger partial charge >= 0.3 is 0 Å². The van der Waals surface area contributed by atoms with E-state index in [0.29, 0.717) is 17.7 Å². The molecule has 0 aliphatic carbocycles. The number of aromatic nitrogens is 1. The van der Waals surface area contributed by atoms with E-state index in [1.165, 1.54) is 18.2 Å². The summed E-state index contributed by atoms with van der Waals surface area (Å²) in [4.78, 5) is 17.2. The minimum absolute atomic E-state index is 0.208. The van der Waals surface area contributed by atoms with E-state index in [1.54, 1.807) is 24.5 Å². The van der Waals surface area contributed by atoms with Crippen molar-refractivity contribution >= 4 is 17.2 Å². The number of hydrogen-bond acceptors (Lipinski definition) is 3. The molecule has 0 radical (unpaired) electrons. The fourth-order valence-corrected chi connectivity index (χ4v) is 2.34. The van der Waals surface area contributed by atoms with Crippen LogP contribution in [0.2, 0.25) is 0 Å². The largest absolute Gasteiger partial charge is 0.346 e. The summed E-state index contributed by atoms with van der Waals surface area (Å²) in [6, 6.07) is 4.13. The third kappa shape index (κ3) is 2.92. The van der Waals surface area contributed by atoms with Crippen molar-refractivity contribution in [2.24, 2.45) is 0 Å². The Balaban J connectivity index is 2.03. The van der Waals surface area contributed by atoms with Crippen LogP contribution in [0.5, 0.6) is 0 Å². The molecule has 0 aliphatic rings. The van der Waals surface area contributed by atoms with Gasteiger partial charge in [-0.15, -0.1) is 11.3 Å². The number of hydrogen-bond donors (Lipinski definition) is 1. The summed E-state index contributed by atoms with van der Waals surface area (Å²) in [5.41, 5.74) is 1.12. The Kier molecular flexibility index (Phi) is 3.72. The van der Waals surface area contributed by atoms with E-state index >= 15 is 0 Å². The molecule has 5 heteroatoms. The Morgan fingerprint density at radius 3 is 2.83 bits per heavy atom. The van der Waals surface area contributed by atoms with Crippen molar-refractivity contribution < 1.29 is 9.18 Å². The molecule has 94 valence electrons. The smallest absolute Gasteiger partial charge is 0.251 e. The van der Waals surface area contributed by atoms with Crippen molar-refractivity contribution in [3.05, 3.63) is 51.2 Å². The second-order valence-electron chi connectivity index (χ2n) is 4.01. The van der Waals surface area contributed by atoms with Crippen LogP contribution in [0.25, 0.3) is 0 Å². The number of nitrogens with zero attached hydrogens (tertiary/aromatic N) is 1. The van der Waals surface area contributed by atoms with Gasteiger partial charge in [0.2, 0.25) is 0 Å². The predicted molar refractivity (Wildman–Crippen MR) is 69.2 cm³/mol. The van der Waals surface area contributed by atoms with E-state index in [0.717, 1.165) is 9.88 Å². The molecule has 0 unspecified atom stereocenters. The van der Waals surface area contributed by atoms with Crippen LogP contribution in [0.3, 0.4) is 0 Å². The number of aryl methyl sites for hydroxylation is 2. The Morgan fingerprint density at radius 1 is 1.44 bits per heavy atom. The number of amides is 1. The van der Waals surface area contributed by atoms with Crippen LogP contribution < -0.4 is 5.32 Å². The molecule has 1 aromatic heterocycles. The van der Waals surface area contributed by atoms with Crippen LogP contribution in [-0.4, -0.2) is 10.9 Å². The maximum Gasteiger partial charge on any atom is 0.251 e. The van der Waals surface area contributed by atoms with Gasteiger partial charge in [-0.25, -0.2) is 9.37 Å². The van der Waals surface area contributed by atoms with Gasteiger partial charge in [0, 0.05) is 16.6 Å². The van der Waals surface area contributed by atoms with Crippen molar-refractivity contribution in [3.8, 4) is 0 Å². The van der Waals surface area contributed by atoms with Crippen molar-refractivity contribution in [1.29, 1.82) is 0 Å². The van der Waals surface area contributed by atoms with Gasteiger partial charge in [0.25, 0.3) is 5.91 Å². The highest BCUT2D eigenvalue weighted by Gasteiger charge is 2.10. The number of rotatable bonds is 3. The molecule has 18 heavy (non-hydrogen) atoms. The highest BCUT2D eigenvalue weighted by molar-refractivity contribution is 7.11. The van der Waals surface area contributed by atoms with E-state index in [-0.39, 0.29) is 11.7 Å². The van der Waals surface area contributed by atoms with Gasteiger partial charge in [0.05, 0.1) is 6.54 Å². The van der Waals surface area contributed by atoms with Crippen LogP contribution >= 0.6 is 11.3 Å². The van der Waals surface area contributed by atoms with E-state index in [1.807, 2.05) is 6.92 Å². The number of nitrogens with one attached hydrogen (secondary N) is 1. The third-order valence-electron chi connectivity index (χ3n) is 2.50. The van der Waals surface area contributed by atoms with Crippen LogP contribution in [-0.2, 0) is 6.54 Å². The molecule has 0 atom stereocenters. The molecule has 1 amide bonds. The summed E-state index contributed by atoms with van der Waals surface area (Å²) in [6.45, 7) is 4.08. The molecule has 1 aromatic carbocycles. The highest BCUT2D eigenvalue weighted by atomic mass is 32.1. The summed E-state index contributed by atoms with van der Waals surface area (Å²) in [5.74, 6) is -0.542. The zero-order chi connectivity index (χ0) is 13.1. The number of halogens is 1. The summed E-state index contributed by atoms with van der Waals surface area (Å²) >= 11 is 1.55. The average molecular weight is 264 g/mol. The van der Waals surface area contributed by atoms with Crippen molar-refractivity contribution in [2.75, 3.05) is 0 Å². The maximum absolute atomic E-state index is 12.9. The number of benzene rings is 1. The Hall–Kier alpha value is -1.75. The highest BCUT2D eigenvalue weighted by Crippen LogP contribution is 2.12. The van der Waals surface area contributed by atoms with Gasteiger partial charge in [0.1, 0.15) is 10.8 Å². The number of carbonyl (C=O) groups is 1. The van der Waals surface area contributed by atoms with E-state index < -0.39 is 0 Å². The van der Waals surface area contributed by atoms with Crippen LogP contribution in [0, 0.1) is 19.7 Å². The van der Waals surface area contributed by atoms with Crippen molar-refractivity contribution in [1.82, 2.24) is 10.3 Å². The minimum Gasteiger partial charge on any atom is -0.346 e. The second kappa shape index (κ2) is 5.27. The van der Waals surface area contributed by atoms with Crippen molar-refractivity contribution in [2.45, 2.75) is 20.4 Å². The Labute approximate surface area is 109 Å². The van der Waals surface area contributed by atoms with Crippen LogP contribution in [0.1, 0.15) is 25.8 Å². The first-order valence-electron chi connectivity index (χ1n) is 5.52. The van der Waals surface area contributed by atoms with Gasteiger partial charge in [-0.05, 0) is 37.6 Å². The summed E-state index contributed by atoms with van der Waals surface area (Å²) in [7, 11) is 0. The zero-order valence-corrected chi connectivity index (χ0v) is 11.0. The van der Waals surface area contributed by atoms with Gasteiger partial charge in [-0.2, -0.15) is 0 Å². The quantitative estimate of drug-likeness (QED) is 0.926. The second-order valence-corrected chi connectivity index (χ2v) is 5.33. The van der Waals surface area contributed by atoms with Crippen molar-refractivity contribution in [3.63, 3.8) is 0 Å². The lowest BCUT2D eigenvalue weighted by Gasteiger charge is -2.06. The Morgan fingerprint density at radius 2 is 2.22 bits per heavy atom. The molecule has 0 saturated heterocycles. The molecule has 1 N–H and O–H groups in total. The predicted octanol–water partition coefficient (Wildman–Crippen LogP) is 2.83. The molecule has 0 spiro atoms. The van der Waals surface area contributed by atoms with Crippen LogP contribution in [0.15, 0.2) is 24.4 Å². The fourth-order valence-electron chi connectivity index (χ4n) is 1.62. The molecule has 0 fully saturated rings. The van der Waals surface area contributed by atoms with E-state index in [9.17, 15) is 9.18 Å². The molecule has 0 aliphatic heterocycles. The molecule has 2 rings (SSSR count). The maximum atomic E-state index is 12.9. The van der Waals surface area contributed by atoms with Crippen LogP contribution in [0.4, 0.5) is 4.39 Å². The SMILES string of the molecule is Cc1cnc(CNC(=O)c2ccc(F)cc2C)s1. The van der Waals surface area contributed by atoms with Gasteiger partial charge < -0.3 is 5.32 Å². The minimum atomic E-state index is -0.334. The van der Waals surface area contributed by atoms with E-state index in [2.05, 4.69) is 10.3 Å². The summed E-state index contributed by atoms with van der Waals surface area (Å²) < 4.78 is 12.9. The lowest BCUT2D eigenvalue weighted by molar-refractivity contribution is 0.0950. The molecule has 2 aromatic rings. The zero-order valence-electron chi connectivity index (χ0n) is 10.2. The molecular weight excluding hydrogens is 251 g/mol. The first-order chi connectivity index (χ1) is 8.56. The Bertz CT molecular complexity index is 580. The summed E-state index contributed by atoms with van der Waals surface area (Å²) in [5, 5.41) is 3.64. The van der Waals surface area contributed by atoms with Gasteiger partial charge in [0.15, 0.2) is 0 Å². The molecular formula is C13H13FN2OS. The molecule has 0 saturated carbocycles. The number of carbonyl (C=O) groups excluding carboxylic acids is 1. The first kappa shape index (κ1) is 12.7.